The van der Waals surface area contributed by atoms with Crippen molar-refractivity contribution >= 4 is 5.91 Å². The number of ether oxygens (including phenoxy) is 6. The maximum atomic E-state index is 13.4. The average Bonchev–Trinajstić information content (AvgIpc) is 2.44. The Morgan fingerprint density at radius 1 is 0.393 bits per heavy atom. The highest BCUT2D eigenvalue weighted by molar-refractivity contribution is 5.76. The fourth-order valence-electron chi connectivity index (χ4n) is 11.8. The fourth-order valence-corrected chi connectivity index (χ4v) is 11.8. The Bertz CT molecular complexity index is 1800. The SMILES string of the molecule is CCCCCCCCCC/C=C\CCCCCCCCCCCCCCCC(=O)NC(COC1OC(CO)C(OC2OC(CO)C(OC3OC(CO)C(O)C(O)C3O)C(O)C2O)C(O)C1O)C(O)/C=C/CC/C=C/CC/C=C/CCCCCCCCCCC. The number of carbonyl (C=O) groups excluding carboxylic acids is 1. The number of amides is 1. The Hall–Kier alpha value is -2.25. The van der Waals surface area contributed by atoms with Crippen LogP contribution in [0.5, 0.6) is 0 Å². The molecule has 0 aliphatic carbocycles. The van der Waals surface area contributed by atoms with Crippen LogP contribution in [-0.2, 0) is 33.2 Å². The molecule has 12 N–H and O–H groups in total. The summed E-state index contributed by atoms with van der Waals surface area (Å²) in [5.74, 6) is -0.288. The van der Waals surface area contributed by atoms with Crippen LogP contribution in [0.3, 0.4) is 0 Å². The maximum absolute atomic E-state index is 13.4. The number of carbonyl (C=O) groups is 1. The van der Waals surface area contributed by atoms with Crippen molar-refractivity contribution in [2.45, 2.75) is 362 Å². The third-order valence-corrected chi connectivity index (χ3v) is 17.6. The molecule has 17 atom stereocenters. The first-order valence-corrected chi connectivity index (χ1v) is 35.4. The number of hydrogen-bond donors (Lipinski definition) is 12. The highest BCUT2D eigenvalue weighted by Gasteiger charge is 2.53. The van der Waals surface area contributed by atoms with Gasteiger partial charge in [-0.1, -0.05) is 229 Å². The predicted octanol–water partition coefficient (Wildman–Crippen LogP) is 9.39. The zero-order valence-corrected chi connectivity index (χ0v) is 54.9. The van der Waals surface area contributed by atoms with E-state index in [0.29, 0.717) is 12.8 Å². The highest BCUT2D eigenvalue weighted by atomic mass is 16.8. The molecule has 19 nitrogen and oxygen atoms in total. The van der Waals surface area contributed by atoms with Crippen LogP contribution in [-0.4, -0.2) is 193 Å². The molecule has 3 aliphatic rings. The Morgan fingerprint density at radius 3 is 1.12 bits per heavy atom. The number of allylic oxidation sites excluding steroid dienone is 7. The van der Waals surface area contributed by atoms with E-state index in [-0.39, 0.29) is 18.9 Å². The first-order valence-electron chi connectivity index (χ1n) is 35.4. The van der Waals surface area contributed by atoms with Gasteiger partial charge in [0.2, 0.25) is 5.91 Å². The van der Waals surface area contributed by atoms with Gasteiger partial charge in [-0.2, -0.15) is 0 Å². The number of aliphatic hydroxyl groups is 11. The Balaban J connectivity index is 1.44. The summed E-state index contributed by atoms with van der Waals surface area (Å²) in [6.45, 7) is 1.72. The minimum absolute atomic E-state index is 0.232. The molecule has 0 aromatic rings. The van der Waals surface area contributed by atoms with Crippen LogP contribution in [0.4, 0.5) is 0 Å². The van der Waals surface area contributed by atoms with Gasteiger partial charge in [-0.25, -0.2) is 0 Å². The van der Waals surface area contributed by atoms with Crippen molar-refractivity contribution in [3.8, 4) is 0 Å². The molecule has 19 heteroatoms. The lowest BCUT2D eigenvalue weighted by Gasteiger charge is -2.48. The maximum Gasteiger partial charge on any atom is 0.220 e. The summed E-state index contributed by atoms with van der Waals surface area (Å²) in [4.78, 5) is 13.4. The quantitative estimate of drug-likeness (QED) is 0.0199. The minimum Gasteiger partial charge on any atom is -0.394 e. The topological polar surface area (TPSA) is 307 Å². The van der Waals surface area contributed by atoms with Crippen molar-refractivity contribution in [2.75, 3.05) is 26.4 Å². The fraction of sp³-hybridized carbons (Fsp3) is 0.871. The van der Waals surface area contributed by atoms with Gasteiger partial charge in [-0.3, -0.25) is 4.79 Å². The molecule has 0 aromatic heterocycles. The summed E-state index contributed by atoms with van der Waals surface area (Å²) >= 11 is 0. The Kier molecular flexibility index (Phi) is 47.4. The van der Waals surface area contributed by atoms with Crippen molar-refractivity contribution < 1.29 is 89.4 Å². The van der Waals surface area contributed by atoms with Crippen LogP contribution in [0.15, 0.2) is 48.6 Å². The van der Waals surface area contributed by atoms with Gasteiger partial charge in [0.05, 0.1) is 38.6 Å². The van der Waals surface area contributed by atoms with Crippen LogP contribution in [0, 0.1) is 0 Å². The Morgan fingerprint density at radius 2 is 0.719 bits per heavy atom. The molecule has 0 radical (unpaired) electrons. The monoisotopic (exact) mass is 1270 g/mol. The lowest BCUT2D eigenvalue weighted by molar-refractivity contribution is -0.379. The van der Waals surface area contributed by atoms with Gasteiger partial charge in [-0.05, 0) is 70.6 Å². The van der Waals surface area contributed by atoms with Crippen molar-refractivity contribution in [3.05, 3.63) is 48.6 Å². The summed E-state index contributed by atoms with van der Waals surface area (Å²) in [5, 5.41) is 120. The predicted molar refractivity (Wildman–Crippen MR) is 346 cm³/mol. The number of hydrogen-bond acceptors (Lipinski definition) is 18. The molecule has 0 bridgehead atoms. The molecule has 17 unspecified atom stereocenters. The standard InChI is InChI=1S/C70H127NO18/c1-3-5-7-9-11-13-15-17-19-21-23-24-25-26-27-28-30-32-34-36-38-40-42-44-46-48-58(76)71-53(54(75)47-45-43-41-39-37-35-33-31-29-22-20-18-16-14-12-10-8-6-4-2)52-84-68-64(82)61(79)66(56(50-73)86-68)89-70-65(83)62(80)67(57(51-74)87-70)88-69-63(81)60(78)59(77)55(49-72)85-69/h21,23,29,31,37,39,45,47,53-57,59-70,72-75,77-83H,3-20,22,24-28,30,32-36,38,40-44,46,48-52H2,1-2H3,(H,71,76)/b23-21-,31-29+,39-37+,47-45+. The van der Waals surface area contributed by atoms with Crippen LogP contribution in [0.1, 0.15) is 258 Å². The van der Waals surface area contributed by atoms with E-state index in [4.69, 9.17) is 28.4 Å². The van der Waals surface area contributed by atoms with E-state index in [0.717, 1.165) is 44.9 Å². The third kappa shape index (κ3) is 34.1. The second kappa shape index (κ2) is 52.1. The zero-order valence-electron chi connectivity index (χ0n) is 54.9. The second-order valence-electron chi connectivity index (χ2n) is 25.3. The van der Waals surface area contributed by atoms with Crippen molar-refractivity contribution in [1.82, 2.24) is 5.32 Å². The molecule has 1 amide bonds. The number of nitrogens with one attached hydrogen (secondary N) is 1. The number of rotatable bonds is 54. The molecule has 520 valence electrons. The highest BCUT2D eigenvalue weighted by Crippen LogP contribution is 2.33. The third-order valence-electron chi connectivity index (χ3n) is 17.6. The molecule has 0 spiro atoms. The van der Waals surface area contributed by atoms with Gasteiger partial charge < -0.3 is 89.9 Å². The number of aliphatic hydroxyl groups excluding tert-OH is 11. The summed E-state index contributed by atoms with van der Waals surface area (Å²) < 4.78 is 34.3. The van der Waals surface area contributed by atoms with Gasteiger partial charge in [0.1, 0.15) is 73.2 Å². The molecule has 3 heterocycles. The van der Waals surface area contributed by atoms with E-state index in [1.54, 1.807) is 6.08 Å². The molecule has 0 aromatic carbocycles. The van der Waals surface area contributed by atoms with E-state index >= 15 is 0 Å². The van der Waals surface area contributed by atoms with E-state index in [2.05, 4.69) is 55.6 Å². The van der Waals surface area contributed by atoms with E-state index < -0.39 is 124 Å². The molecule has 3 fully saturated rings. The molecular formula is C70H127NO18. The molecule has 0 saturated carbocycles. The second-order valence-corrected chi connectivity index (χ2v) is 25.3. The van der Waals surface area contributed by atoms with Crippen LogP contribution in [0.25, 0.3) is 0 Å². The normalized spacial score (nSPS) is 28.5. The van der Waals surface area contributed by atoms with E-state index in [1.165, 1.54) is 180 Å². The smallest absolute Gasteiger partial charge is 0.220 e. The first kappa shape index (κ1) is 81.0. The summed E-state index contributed by atoms with van der Waals surface area (Å²) in [6.07, 6.45) is 35.2. The van der Waals surface area contributed by atoms with Crippen molar-refractivity contribution in [1.29, 1.82) is 0 Å². The lowest BCUT2D eigenvalue weighted by Crippen LogP contribution is -2.66. The molecule has 3 rings (SSSR count). The summed E-state index contributed by atoms with van der Waals surface area (Å²) in [6, 6.07) is -0.997. The zero-order chi connectivity index (χ0) is 64.7. The van der Waals surface area contributed by atoms with Gasteiger partial charge in [-0.15, -0.1) is 0 Å². The molecular weight excluding hydrogens is 1140 g/mol. The van der Waals surface area contributed by atoms with Crippen molar-refractivity contribution in [2.24, 2.45) is 0 Å². The van der Waals surface area contributed by atoms with Gasteiger partial charge in [0.25, 0.3) is 0 Å². The summed E-state index contributed by atoms with van der Waals surface area (Å²) in [5.41, 5.74) is 0. The summed E-state index contributed by atoms with van der Waals surface area (Å²) in [7, 11) is 0. The first-order chi connectivity index (χ1) is 43.3. The molecule has 3 saturated heterocycles. The molecule has 3 aliphatic heterocycles. The average molecular weight is 1270 g/mol. The van der Waals surface area contributed by atoms with Gasteiger partial charge >= 0.3 is 0 Å². The largest absolute Gasteiger partial charge is 0.394 e. The van der Waals surface area contributed by atoms with Crippen LogP contribution in [0.2, 0.25) is 0 Å². The molecule has 89 heavy (non-hydrogen) atoms. The minimum atomic E-state index is -1.98. The van der Waals surface area contributed by atoms with E-state index in [1.807, 2.05) is 6.08 Å². The number of unbranched alkanes of at least 4 members (excludes halogenated alkanes) is 32. The van der Waals surface area contributed by atoms with Crippen LogP contribution >= 0.6 is 0 Å². The van der Waals surface area contributed by atoms with Gasteiger partial charge in [0, 0.05) is 6.42 Å². The Labute approximate surface area is 535 Å². The lowest BCUT2D eigenvalue weighted by atomic mass is 9.96. The van der Waals surface area contributed by atoms with Gasteiger partial charge in [0.15, 0.2) is 18.9 Å². The van der Waals surface area contributed by atoms with Crippen molar-refractivity contribution in [3.63, 3.8) is 0 Å². The van der Waals surface area contributed by atoms with Crippen LogP contribution < -0.4 is 5.32 Å². The van der Waals surface area contributed by atoms with E-state index in [9.17, 15) is 61.0 Å².